The Morgan fingerprint density at radius 1 is 0.679 bits per heavy atom. The van der Waals surface area contributed by atoms with Crippen LogP contribution >= 0.6 is 0 Å². The number of aliphatic imine (C=N–C) groups is 4. The van der Waals surface area contributed by atoms with E-state index in [1.807, 2.05) is 27.7 Å². The van der Waals surface area contributed by atoms with Gasteiger partial charge in [-0.2, -0.15) is 0 Å². The van der Waals surface area contributed by atoms with Crippen molar-refractivity contribution in [2.45, 2.75) is 52.6 Å². The van der Waals surface area contributed by atoms with Crippen LogP contribution in [0.3, 0.4) is 0 Å². The first-order valence-corrected chi connectivity index (χ1v) is 10.1. The molecule has 2 rings (SSSR count). The zero-order chi connectivity index (χ0) is 20.2. The Balaban J connectivity index is 1.97. The van der Waals surface area contributed by atoms with Crippen LogP contribution < -0.4 is 0 Å². The summed E-state index contributed by atoms with van der Waals surface area (Å²) >= 11 is 0. The van der Waals surface area contributed by atoms with Gasteiger partial charge in [0.15, 0.2) is 0 Å². The lowest BCUT2D eigenvalue weighted by Gasteiger charge is -2.21. The van der Waals surface area contributed by atoms with Gasteiger partial charge in [-0.05, 0) is 40.5 Å². The van der Waals surface area contributed by atoms with E-state index < -0.39 is 0 Å². The number of nitrogens with zero attached hydrogens (tertiary/aromatic N) is 4. The summed E-state index contributed by atoms with van der Waals surface area (Å²) in [5.41, 5.74) is 0. The van der Waals surface area contributed by atoms with Crippen LogP contribution in [0.5, 0.6) is 0 Å². The molecule has 8 nitrogen and oxygen atoms in total. The normalized spacial score (nSPS) is 22.1. The molecular weight excluding hydrogens is 360 g/mol. The molecule has 0 saturated heterocycles. The van der Waals surface area contributed by atoms with E-state index in [-0.39, 0.29) is 12.1 Å². The molecule has 2 aliphatic heterocycles. The molecular formula is C20H32N4O4. The SMILES string of the molecule is CCOC1=N[C@H](C/C=C/C[C@H]2N=C(OCC)CN=C2OCC)C(OCC)=NC1. The van der Waals surface area contributed by atoms with Crippen molar-refractivity contribution in [3.63, 3.8) is 0 Å². The van der Waals surface area contributed by atoms with E-state index in [4.69, 9.17) is 18.9 Å². The van der Waals surface area contributed by atoms with Crippen molar-refractivity contribution in [1.29, 1.82) is 0 Å². The largest absolute Gasteiger partial charge is 0.480 e. The predicted molar refractivity (Wildman–Crippen MR) is 112 cm³/mol. The highest BCUT2D eigenvalue weighted by Gasteiger charge is 2.23. The van der Waals surface area contributed by atoms with Crippen molar-refractivity contribution >= 4 is 23.6 Å². The van der Waals surface area contributed by atoms with Crippen LogP contribution in [0.15, 0.2) is 32.1 Å². The maximum atomic E-state index is 5.63. The van der Waals surface area contributed by atoms with E-state index in [9.17, 15) is 0 Å². The molecule has 156 valence electrons. The fourth-order valence-electron chi connectivity index (χ4n) is 2.88. The lowest BCUT2D eigenvalue weighted by atomic mass is 10.1. The first-order valence-electron chi connectivity index (χ1n) is 10.1. The van der Waals surface area contributed by atoms with Crippen molar-refractivity contribution in [2.75, 3.05) is 39.5 Å². The first kappa shape index (κ1) is 21.9. The summed E-state index contributed by atoms with van der Waals surface area (Å²) in [5, 5.41) is 0. The third kappa shape index (κ3) is 6.65. The van der Waals surface area contributed by atoms with Gasteiger partial charge in [-0.25, -0.2) is 20.0 Å². The minimum Gasteiger partial charge on any atom is -0.480 e. The molecule has 0 bridgehead atoms. The molecule has 2 atom stereocenters. The van der Waals surface area contributed by atoms with E-state index >= 15 is 0 Å². The molecule has 2 heterocycles. The molecule has 0 aliphatic carbocycles. The van der Waals surface area contributed by atoms with Crippen molar-refractivity contribution in [3.05, 3.63) is 12.2 Å². The molecule has 2 aliphatic rings. The van der Waals surface area contributed by atoms with Crippen LogP contribution in [0.25, 0.3) is 0 Å². The van der Waals surface area contributed by atoms with E-state index in [0.29, 0.717) is 75.9 Å². The molecule has 0 aromatic rings. The highest BCUT2D eigenvalue weighted by molar-refractivity contribution is 5.92. The Labute approximate surface area is 167 Å². The highest BCUT2D eigenvalue weighted by Crippen LogP contribution is 2.14. The van der Waals surface area contributed by atoms with Gasteiger partial charge in [0.1, 0.15) is 25.2 Å². The second kappa shape index (κ2) is 12.2. The molecule has 0 aromatic carbocycles. The van der Waals surface area contributed by atoms with Gasteiger partial charge in [0, 0.05) is 0 Å². The van der Waals surface area contributed by atoms with E-state index in [0.717, 1.165) is 0 Å². The summed E-state index contributed by atoms with van der Waals surface area (Å²) in [4.78, 5) is 18.2. The smallest absolute Gasteiger partial charge is 0.209 e. The minimum absolute atomic E-state index is 0.152. The molecule has 0 unspecified atom stereocenters. The monoisotopic (exact) mass is 392 g/mol. The molecule has 0 spiro atoms. The van der Waals surface area contributed by atoms with E-state index in [1.165, 1.54) is 0 Å². The van der Waals surface area contributed by atoms with Crippen LogP contribution in [0, 0.1) is 0 Å². The van der Waals surface area contributed by atoms with Crippen LogP contribution in [-0.4, -0.2) is 75.2 Å². The van der Waals surface area contributed by atoms with Gasteiger partial charge in [-0.1, -0.05) is 12.2 Å². The third-order valence-corrected chi connectivity index (χ3v) is 4.00. The Morgan fingerprint density at radius 3 is 1.43 bits per heavy atom. The molecule has 0 N–H and O–H groups in total. The van der Waals surface area contributed by atoms with Crippen LogP contribution in [0.2, 0.25) is 0 Å². The Bertz CT molecular complexity index is 586. The van der Waals surface area contributed by atoms with Gasteiger partial charge in [0.05, 0.1) is 26.4 Å². The molecule has 0 fully saturated rings. The van der Waals surface area contributed by atoms with Gasteiger partial charge in [-0.3, -0.25) is 0 Å². The summed E-state index contributed by atoms with van der Waals surface area (Å²) in [7, 11) is 0. The van der Waals surface area contributed by atoms with Crippen LogP contribution in [0.4, 0.5) is 0 Å². The molecule has 8 heteroatoms. The summed E-state index contributed by atoms with van der Waals surface area (Å²) < 4.78 is 22.3. The molecule has 28 heavy (non-hydrogen) atoms. The summed E-state index contributed by atoms with van der Waals surface area (Å²) in [6, 6.07) is -0.305. The van der Waals surface area contributed by atoms with Crippen molar-refractivity contribution in [2.24, 2.45) is 20.0 Å². The lowest BCUT2D eigenvalue weighted by molar-refractivity contribution is 0.293. The zero-order valence-electron chi connectivity index (χ0n) is 17.4. The molecule has 0 amide bonds. The molecule has 0 aromatic heterocycles. The fourth-order valence-corrected chi connectivity index (χ4v) is 2.88. The van der Waals surface area contributed by atoms with Gasteiger partial charge < -0.3 is 18.9 Å². The van der Waals surface area contributed by atoms with Gasteiger partial charge in [-0.15, -0.1) is 0 Å². The maximum Gasteiger partial charge on any atom is 0.209 e. The van der Waals surface area contributed by atoms with Crippen molar-refractivity contribution in [3.8, 4) is 0 Å². The first-order chi connectivity index (χ1) is 13.7. The average Bonchev–Trinajstić information content (AvgIpc) is 2.69. The van der Waals surface area contributed by atoms with Crippen LogP contribution in [0.1, 0.15) is 40.5 Å². The second-order valence-electron chi connectivity index (χ2n) is 6.06. The van der Waals surface area contributed by atoms with E-state index in [2.05, 4.69) is 32.1 Å². The second-order valence-corrected chi connectivity index (χ2v) is 6.06. The fraction of sp³-hybridized carbons (Fsp3) is 0.700. The molecule has 0 saturated carbocycles. The number of rotatable bonds is 8. The third-order valence-electron chi connectivity index (χ3n) is 4.00. The van der Waals surface area contributed by atoms with Crippen molar-refractivity contribution < 1.29 is 18.9 Å². The number of hydrogen-bond acceptors (Lipinski definition) is 8. The number of ether oxygens (including phenoxy) is 4. The quantitative estimate of drug-likeness (QED) is 0.595. The topological polar surface area (TPSA) is 86.4 Å². The standard InChI is InChI=1S/C20H32N4O4/c1-5-25-17-13-21-19(27-7-3)15(23-17)11-9-10-12-16-20(28-8-4)22-14-18(24-16)26-6-2/h9-10,15-16H,5-8,11-14H2,1-4H3/b10-9+/t15-,16-/m1/s1. The minimum atomic E-state index is -0.152. The van der Waals surface area contributed by atoms with Gasteiger partial charge in [0.25, 0.3) is 0 Å². The summed E-state index contributed by atoms with van der Waals surface area (Å²) in [6.07, 6.45) is 5.52. The summed E-state index contributed by atoms with van der Waals surface area (Å²) in [6.45, 7) is 11.0. The van der Waals surface area contributed by atoms with Gasteiger partial charge in [0.2, 0.25) is 23.6 Å². The Morgan fingerprint density at radius 2 is 1.07 bits per heavy atom. The van der Waals surface area contributed by atoms with E-state index in [1.54, 1.807) is 0 Å². The predicted octanol–water partition coefficient (Wildman–Crippen LogP) is 2.83. The molecule has 0 radical (unpaired) electrons. The maximum absolute atomic E-state index is 5.63. The van der Waals surface area contributed by atoms with Crippen molar-refractivity contribution in [1.82, 2.24) is 0 Å². The zero-order valence-corrected chi connectivity index (χ0v) is 17.4. The Hall–Kier alpha value is -2.38. The Kier molecular flexibility index (Phi) is 9.51. The van der Waals surface area contributed by atoms with Crippen LogP contribution in [-0.2, 0) is 18.9 Å². The highest BCUT2D eigenvalue weighted by atomic mass is 16.5. The van der Waals surface area contributed by atoms with Gasteiger partial charge >= 0.3 is 0 Å². The average molecular weight is 393 g/mol. The summed E-state index contributed by atoms with van der Waals surface area (Å²) in [5.74, 6) is 2.66. The lowest BCUT2D eigenvalue weighted by Crippen LogP contribution is -2.30. The number of hydrogen-bond donors (Lipinski definition) is 0.